The Kier molecular flexibility index (Phi) is 4.93. The van der Waals surface area contributed by atoms with Crippen molar-refractivity contribution < 1.29 is 9.53 Å². The number of aromatic nitrogens is 1. The maximum absolute atomic E-state index is 11.4. The van der Waals surface area contributed by atoms with Crippen LogP contribution in [0.2, 0.25) is 0 Å². The van der Waals surface area contributed by atoms with Crippen molar-refractivity contribution in [3.05, 3.63) is 36.0 Å². The Morgan fingerprint density at radius 1 is 1.35 bits per heavy atom. The maximum Gasteiger partial charge on any atom is 0.311 e. The third-order valence-electron chi connectivity index (χ3n) is 3.17. The number of benzene rings is 1. The lowest BCUT2D eigenvalue weighted by Gasteiger charge is -2.11. The molecule has 106 valence electrons. The van der Waals surface area contributed by atoms with E-state index in [4.69, 9.17) is 4.74 Å². The van der Waals surface area contributed by atoms with E-state index in [0.717, 1.165) is 41.7 Å². The molecule has 2 rings (SSSR count). The summed E-state index contributed by atoms with van der Waals surface area (Å²) in [6.45, 7) is 3.08. The Labute approximate surface area is 119 Å². The largest absolute Gasteiger partial charge is 0.469 e. The average molecular weight is 272 g/mol. The van der Waals surface area contributed by atoms with Crippen LogP contribution in [0, 0.1) is 0 Å². The summed E-state index contributed by atoms with van der Waals surface area (Å²) in [5, 5.41) is 4.51. The second-order valence-electron chi connectivity index (χ2n) is 4.71. The molecule has 0 aliphatic heterocycles. The first kappa shape index (κ1) is 14.3. The maximum atomic E-state index is 11.4. The Bertz CT molecular complexity index is 596. The first-order chi connectivity index (χ1) is 9.74. The highest BCUT2D eigenvalue weighted by molar-refractivity contribution is 5.91. The minimum atomic E-state index is -0.271. The number of rotatable bonds is 6. The molecule has 4 nitrogen and oxygen atoms in total. The number of ether oxygens (including phenoxy) is 1. The first-order valence-electron chi connectivity index (χ1n) is 6.94. The second kappa shape index (κ2) is 6.89. The van der Waals surface area contributed by atoms with Crippen molar-refractivity contribution in [1.29, 1.82) is 0 Å². The second-order valence-corrected chi connectivity index (χ2v) is 4.71. The van der Waals surface area contributed by atoms with Crippen molar-refractivity contribution in [3.63, 3.8) is 0 Å². The smallest absolute Gasteiger partial charge is 0.311 e. The van der Waals surface area contributed by atoms with Crippen molar-refractivity contribution in [2.75, 3.05) is 19.0 Å². The van der Waals surface area contributed by atoms with Crippen molar-refractivity contribution >= 4 is 22.6 Å². The van der Waals surface area contributed by atoms with E-state index in [-0.39, 0.29) is 12.4 Å². The number of para-hydroxylation sites is 1. The molecule has 4 heteroatoms. The van der Waals surface area contributed by atoms with Crippen LogP contribution in [0.3, 0.4) is 0 Å². The molecule has 0 bridgehead atoms. The molecule has 0 fully saturated rings. The van der Waals surface area contributed by atoms with Gasteiger partial charge in [0, 0.05) is 17.6 Å². The van der Waals surface area contributed by atoms with Gasteiger partial charge in [0.25, 0.3) is 0 Å². The summed E-state index contributed by atoms with van der Waals surface area (Å²) in [6.07, 6.45) is 2.46. The summed E-state index contributed by atoms with van der Waals surface area (Å²) in [5.74, 6) is -0.271. The summed E-state index contributed by atoms with van der Waals surface area (Å²) in [6, 6.07) is 9.89. The molecule has 0 atom stereocenters. The molecule has 1 heterocycles. The zero-order valence-corrected chi connectivity index (χ0v) is 12.0. The molecule has 0 spiro atoms. The van der Waals surface area contributed by atoms with Crippen molar-refractivity contribution in [2.45, 2.75) is 26.2 Å². The number of nitrogens with zero attached hydrogens (tertiary/aromatic N) is 1. The van der Waals surface area contributed by atoms with Crippen LogP contribution in [-0.4, -0.2) is 24.6 Å². The van der Waals surface area contributed by atoms with E-state index < -0.39 is 0 Å². The van der Waals surface area contributed by atoms with Gasteiger partial charge in [0.2, 0.25) is 0 Å². The number of carbonyl (C=O) groups excluding carboxylic acids is 1. The van der Waals surface area contributed by atoms with Crippen LogP contribution in [0.25, 0.3) is 10.9 Å². The molecular formula is C16H20N2O2. The van der Waals surface area contributed by atoms with E-state index in [2.05, 4.69) is 17.2 Å². The lowest BCUT2D eigenvalue weighted by atomic mass is 10.1. The molecule has 20 heavy (non-hydrogen) atoms. The lowest BCUT2D eigenvalue weighted by Crippen LogP contribution is -2.08. The first-order valence-corrected chi connectivity index (χ1v) is 6.94. The van der Waals surface area contributed by atoms with Gasteiger partial charge in [-0.15, -0.1) is 0 Å². The SMILES string of the molecule is CCCCNc1cc(CC(=O)OC)nc2ccccc12. The van der Waals surface area contributed by atoms with E-state index >= 15 is 0 Å². The zero-order chi connectivity index (χ0) is 14.4. The molecule has 1 aromatic heterocycles. The van der Waals surface area contributed by atoms with E-state index in [9.17, 15) is 4.79 Å². The van der Waals surface area contributed by atoms with Crippen molar-refractivity contribution in [1.82, 2.24) is 4.98 Å². The van der Waals surface area contributed by atoms with Gasteiger partial charge < -0.3 is 10.1 Å². The number of methoxy groups -OCH3 is 1. The lowest BCUT2D eigenvalue weighted by molar-refractivity contribution is -0.139. The fraction of sp³-hybridized carbons (Fsp3) is 0.375. The molecule has 1 N–H and O–H groups in total. The number of pyridine rings is 1. The third-order valence-corrected chi connectivity index (χ3v) is 3.17. The monoisotopic (exact) mass is 272 g/mol. The van der Waals surface area contributed by atoms with Gasteiger partial charge in [0.05, 0.1) is 24.7 Å². The number of esters is 1. The van der Waals surface area contributed by atoms with Crippen LogP contribution < -0.4 is 5.32 Å². The molecule has 0 unspecified atom stereocenters. The van der Waals surface area contributed by atoms with Crippen LogP contribution in [0.4, 0.5) is 5.69 Å². The fourth-order valence-corrected chi connectivity index (χ4v) is 2.09. The predicted octanol–water partition coefficient (Wildman–Crippen LogP) is 3.16. The van der Waals surface area contributed by atoms with E-state index in [1.165, 1.54) is 7.11 Å². The number of anilines is 1. The number of fused-ring (bicyclic) bond motifs is 1. The minimum absolute atomic E-state index is 0.198. The predicted molar refractivity (Wildman–Crippen MR) is 80.9 cm³/mol. The summed E-state index contributed by atoms with van der Waals surface area (Å²) >= 11 is 0. The van der Waals surface area contributed by atoms with Crippen LogP contribution in [0.5, 0.6) is 0 Å². The van der Waals surface area contributed by atoms with Crippen LogP contribution >= 0.6 is 0 Å². The highest BCUT2D eigenvalue weighted by atomic mass is 16.5. The molecule has 0 saturated carbocycles. The van der Waals surface area contributed by atoms with Gasteiger partial charge in [0.15, 0.2) is 0 Å². The van der Waals surface area contributed by atoms with Crippen LogP contribution in [0.1, 0.15) is 25.5 Å². The van der Waals surface area contributed by atoms with Gasteiger partial charge in [-0.3, -0.25) is 9.78 Å². The number of carbonyl (C=O) groups is 1. The standard InChI is InChI=1S/C16H20N2O2/c1-3-4-9-17-15-10-12(11-16(19)20-2)18-14-8-6-5-7-13(14)15/h5-8,10H,3-4,9,11H2,1-2H3,(H,17,18). The van der Waals surface area contributed by atoms with E-state index in [1.54, 1.807) is 0 Å². The normalized spacial score (nSPS) is 10.5. The molecule has 1 aromatic carbocycles. The minimum Gasteiger partial charge on any atom is -0.469 e. The fourth-order valence-electron chi connectivity index (χ4n) is 2.09. The summed E-state index contributed by atoms with van der Waals surface area (Å²) in [7, 11) is 1.39. The summed E-state index contributed by atoms with van der Waals surface area (Å²) < 4.78 is 4.71. The molecule has 0 saturated heterocycles. The van der Waals surface area contributed by atoms with Gasteiger partial charge >= 0.3 is 5.97 Å². The van der Waals surface area contributed by atoms with Crippen LogP contribution in [-0.2, 0) is 16.0 Å². The molecule has 0 aliphatic carbocycles. The van der Waals surface area contributed by atoms with E-state index in [1.807, 2.05) is 30.3 Å². The number of hydrogen-bond donors (Lipinski definition) is 1. The molecule has 0 radical (unpaired) electrons. The molecular weight excluding hydrogens is 252 g/mol. The van der Waals surface area contributed by atoms with Gasteiger partial charge in [-0.2, -0.15) is 0 Å². The van der Waals surface area contributed by atoms with Gasteiger partial charge in [-0.25, -0.2) is 0 Å². The Hall–Kier alpha value is -2.10. The molecule has 0 amide bonds. The number of unbranched alkanes of at least 4 members (excludes halogenated alkanes) is 1. The van der Waals surface area contributed by atoms with Gasteiger partial charge in [-0.1, -0.05) is 31.5 Å². The van der Waals surface area contributed by atoms with Gasteiger partial charge in [-0.05, 0) is 18.6 Å². The number of nitrogens with one attached hydrogen (secondary N) is 1. The van der Waals surface area contributed by atoms with Crippen molar-refractivity contribution in [3.8, 4) is 0 Å². The Balaban J connectivity index is 2.33. The highest BCUT2D eigenvalue weighted by Gasteiger charge is 2.09. The number of hydrogen-bond acceptors (Lipinski definition) is 4. The molecule has 2 aromatic rings. The Morgan fingerprint density at radius 2 is 2.15 bits per heavy atom. The summed E-state index contributed by atoms with van der Waals surface area (Å²) in [5.41, 5.74) is 2.66. The topological polar surface area (TPSA) is 51.2 Å². The quantitative estimate of drug-likeness (QED) is 0.648. The van der Waals surface area contributed by atoms with E-state index in [0.29, 0.717) is 0 Å². The Morgan fingerprint density at radius 3 is 2.90 bits per heavy atom. The average Bonchev–Trinajstić information content (AvgIpc) is 2.47. The van der Waals surface area contributed by atoms with Crippen LogP contribution in [0.15, 0.2) is 30.3 Å². The van der Waals surface area contributed by atoms with Gasteiger partial charge in [0.1, 0.15) is 0 Å². The molecule has 0 aliphatic rings. The highest BCUT2D eigenvalue weighted by Crippen LogP contribution is 2.23. The van der Waals surface area contributed by atoms with Crippen molar-refractivity contribution in [2.24, 2.45) is 0 Å². The zero-order valence-electron chi connectivity index (χ0n) is 12.0. The summed E-state index contributed by atoms with van der Waals surface area (Å²) in [4.78, 5) is 15.9. The third kappa shape index (κ3) is 3.47.